The van der Waals surface area contributed by atoms with Gasteiger partial charge in [-0.25, -0.2) is 0 Å². The smallest absolute Gasteiger partial charge is 0.227 e. The molecule has 1 amide bonds. The van der Waals surface area contributed by atoms with E-state index in [-0.39, 0.29) is 17.9 Å². The van der Waals surface area contributed by atoms with Gasteiger partial charge in [-0.3, -0.25) is 9.78 Å². The maximum absolute atomic E-state index is 12.4. The molecule has 0 saturated carbocycles. The van der Waals surface area contributed by atoms with Crippen LogP contribution in [-0.2, 0) is 4.79 Å². The van der Waals surface area contributed by atoms with Crippen molar-refractivity contribution in [3.63, 3.8) is 0 Å². The SMILES string of the molecule is C[C@@H]1CCC[C@H](N)c2cccc(c2)-c2c(Cl)cncc2NC1=O. The zero-order valence-corrected chi connectivity index (χ0v) is 13.8. The van der Waals surface area contributed by atoms with Crippen LogP contribution in [0, 0.1) is 5.92 Å². The number of amides is 1. The molecule has 0 fully saturated rings. The third-order valence-corrected chi connectivity index (χ3v) is 4.65. The van der Waals surface area contributed by atoms with Crippen LogP contribution in [0.25, 0.3) is 11.1 Å². The lowest BCUT2D eigenvalue weighted by atomic mass is 9.94. The maximum atomic E-state index is 12.4. The molecule has 0 saturated heterocycles. The van der Waals surface area contributed by atoms with Gasteiger partial charge in [-0.15, -0.1) is 0 Å². The summed E-state index contributed by atoms with van der Waals surface area (Å²) in [4.78, 5) is 16.5. The second kappa shape index (κ2) is 6.69. The number of fused-ring (bicyclic) bond motifs is 4. The number of rotatable bonds is 0. The van der Waals surface area contributed by atoms with Gasteiger partial charge in [0.2, 0.25) is 5.91 Å². The van der Waals surface area contributed by atoms with Gasteiger partial charge in [-0.2, -0.15) is 0 Å². The fourth-order valence-corrected chi connectivity index (χ4v) is 3.21. The van der Waals surface area contributed by atoms with E-state index in [1.54, 1.807) is 12.4 Å². The third kappa shape index (κ3) is 3.38. The first-order valence-corrected chi connectivity index (χ1v) is 8.24. The molecule has 120 valence electrons. The molecule has 0 spiro atoms. The topological polar surface area (TPSA) is 68.0 Å². The van der Waals surface area contributed by atoms with Crippen molar-refractivity contribution in [2.75, 3.05) is 5.32 Å². The number of anilines is 1. The zero-order valence-electron chi connectivity index (χ0n) is 13.1. The van der Waals surface area contributed by atoms with Crippen molar-refractivity contribution in [3.05, 3.63) is 47.2 Å². The van der Waals surface area contributed by atoms with E-state index in [2.05, 4.69) is 10.3 Å². The van der Waals surface area contributed by atoms with Crippen LogP contribution in [0.15, 0.2) is 36.7 Å². The summed E-state index contributed by atoms with van der Waals surface area (Å²) in [6.45, 7) is 1.93. The van der Waals surface area contributed by atoms with Gasteiger partial charge in [-0.05, 0) is 30.0 Å². The van der Waals surface area contributed by atoms with Crippen LogP contribution >= 0.6 is 11.6 Å². The normalized spacial score (nSPS) is 21.6. The predicted molar refractivity (Wildman–Crippen MR) is 93.3 cm³/mol. The first-order valence-electron chi connectivity index (χ1n) is 7.86. The summed E-state index contributed by atoms with van der Waals surface area (Å²) in [7, 11) is 0. The number of nitrogens with zero attached hydrogens (tertiary/aromatic N) is 1. The molecule has 2 heterocycles. The average molecular weight is 330 g/mol. The van der Waals surface area contributed by atoms with Gasteiger partial charge in [-0.1, -0.05) is 43.1 Å². The molecule has 2 bridgehead atoms. The third-order valence-electron chi connectivity index (χ3n) is 4.36. The quantitative estimate of drug-likeness (QED) is 0.762. The highest BCUT2D eigenvalue weighted by molar-refractivity contribution is 6.34. The number of hydrogen-bond donors (Lipinski definition) is 2. The summed E-state index contributed by atoms with van der Waals surface area (Å²) in [5.74, 6) is -0.0904. The number of benzene rings is 1. The molecule has 0 aliphatic carbocycles. The molecule has 3 rings (SSSR count). The number of nitrogens with one attached hydrogen (secondary N) is 1. The summed E-state index contributed by atoms with van der Waals surface area (Å²) in [6, 6.07) is 8.00. The van der Waals surface area contributed by atoms with Gasteiger partial charge >= 0.3 is 0 Å². The van der Waals surface area contributed by atoms with Crippen LogP contribution in [0.2, 0.25) is 5.02 Å². The Morgan fingerprint density at radius 2 is 2.13 bits per heavy atom. The molecular weight excluding hydrogens is 310 g/mol. The molecule has 5 heteroatoms. The summed E-state index contributed by atoms with van der Waals surface area (Å²) in [6.07, 6.45) is 5.82. The molecule has 0 radical (unpaired) electrons. The van der Waals surface area contributed by atoms with Gasteiger partial charge in [0.1, 0.15) is 0 Å². The second-order valence-corrected chi connectivity index (χ2v) is 6.50. The average Bonchev–Trinajstić information content (AvgIpc) is 2.54. The highest BCUT2D eigenvalue weighted by atomic mass is 35.5. The summed E-state index contributed by atoms with van der Waals surface area (Å²) >= 11 is 6.36. The van der Waals surface area contributed by atoms with Crippen LogP contribution in [-0.4, -0.2) is 10.9 Å². The molecule has 1 aliphatic rings. The van der Waals surface area contributed by atoms with Crippen LogP contribution in [0.4, 0.5) is 5.69 Å². The molecule has 4 nitrogen and oxygen atoms in total. The Morgan fingerprint density at radius 3 is 2.96 bits per heavy atom. The molecule has 1 aromatic carbocycles. The summed E-state index contributed by atoms with van der Waals surface area (Å²) < 4.78 is 0. The fourth-order valence-electron chi connectivity index (χ4n) is 2.95. The Labute approximate surface area is 141 Å². The van der Waals surface area contributed by atoms with Gasteiger partial charge in [0, 0.05) is 23.7 Å². The van der Waals surface area contributed by atoms with Crippen molar-refractivity contribution >= 4 is 23.2 Å². The van der Waals surface area contributed by atoms with E-state index in [0.717, 1.165) is 36.0 Å². The number of pyridine rings is 1. The van der Waals surface area contributed by atoms with Crippen LogP contribution in [0.1, 0.15) is 37.8 Å². The van der Waals surface area contributed by atoms with E-state index in [0.29, 0.717) is 10.7 Å². The highest BCUT2D eigenvalue weighted by Crippen LogP contribution is 2.36. The Kier molecular flexibility index (Phi) is 4.64. The van der Waals surface area contributed by atoms with Gasteiger partial charge in [0.05, 0.1) is 16.9 Å². The van der Waals surface area contributed by atoms with Crippen LogP contribution < -0.4 is 11.1 Å². The maximum Gasteiger partial charge on any atom is 0.227 e. The standard InChI is InChI=1S/C18H20ClN3O/c1-11-4-2-7-15(20)12-5-3-6-13(8-12)17-14(19)9-21-10-16(17)22-18(11)23/h3,5-6,8-11,15H,2,4,7,20H2,1H3,(H,22,23)/t11-,15+/m1/s1. The van der Waals surface area contributed by atoms with Gasteiger partial charge in [0.25, 0.3) is 0 Å². The minimum Gasteiger partial charge on any atom is -0.324 e. The van der Waals surface area contributed by atoms with Gasteiger partial charge < -0.3 is 11.1 Å². The number of carbonyl (C=O) groups is 1. The predicted octanol–water partition coefficient (Wildman–Crippen LogP) is 4.16. The van der Waals surface area contributed by atoms with Crippen molar-refractivity contribution in [1.29, 1.82) is 0 Å². The van der Waals surface area contributed by atoms with Crippen molar-refractivity contribution in [2.24, 2.45) is 11.7 Å². The van der Waals surface area contributed by atoms with E-state index in [1.165, 1.54) is 0 Å². The molecular formula is C18H20ClN3O. The minimum absolute atomic E-state index is 0.0133. The molecule has 3 N–H and O–H groups in total. The van der Waals surface area contributed by atoms with Crippen molar-refractivity contribution in [3.8, 4) is 11.1 Å². The summed E-state index contributed by atoms with van der Waals surface area (Å²) in [5.41, 5.74) is 9.76. The van der Waals surface area contributed by atoms with Crippen LogP contribution in [0.5, 0.6) is 0 Å². The van der Waals surface area contributed by atoms with E-state index in [9.17, 15) is 4.79 Å². The Bertz CT molecular complexity index is 732. The largest absolute Gasteiger partial charge is 0.324 e. The van der Waals surface area contributed by atoms with E-state index >= 15 is 0 Å². The lowest BCUT2D eigenvalue weighted by Gasteiger charge is -2.20. The van der Waals surface area contributed by atoms with Crippen molar-refractivity contribution in [2.45, 2.75) is 32.2 Å². The molecule has 2 atom stereocenters. The molecule has 1 aliphatic heterocycles. The Hall–Kier alpha value is -1.91. The molecule has 23 heavy (non-hydrogen) atoms. The fraction of sp³-hybridized carbons (Fsp3) is 0.333. The number of hydrogen-bond acceptors (Lipinski definition) is 3. The van der Waals surface area contributed by atoms with E-state index in [1.807, 2.05) is 31.2 Å². The lowest BCUT2D eigenvalue weighted by molar-refractivity contribution is -0.119. The second-order valence-electron chi connectivity index (χ2n) is 6.10. The monoisotopic (exact) mass is 329 g/mol. The molecule has 0 unspecified atom stereocenters. The number of nitrogens with two attached hydrogens (primary N) is 1. The van der Waals surface area contributed by atoms with Crippen molar-refractivity contribution < 1.29 is 4.79 Å². The van der Waals surface area contributed by atoms with E-state index in [4.69, 9.17) is 17.3 Å². The number of aromatic nitrogens is 1. The van der Waals surface area contributed by atoms with Crippen molar-refractivity contribution in [1.82, 2.24) is 4.98 Å². The van der Waals surface area contributed by atoms with Crippen LogP contribution in [0.3, 0.4) is 0 Å². The summed E-state index contributed by atoms with van der Waals surface area (Å²) in [5, 5.41) is 3.48. The minimum atomic E-state index is -0.0770. The van der Waals surface area contributed by atoms with Gasteiger partial charge in [0.15, 0.2) is 0 Å². The molecule has 2 aromatic rings. The number of carbonyl (C=O) groups excluding carboxylic acids is 1. The van der Waals surface area contributed by atoms with E-state index < -0.39 is 0 Å². The zero-order chi connectivity index (χ0) is 16.4. The molecule has 1 aromatic heterocycles. The highest BCUT2D eigenvalue weighted by Gasteiger charge is 2.19. The lowest BCUT2D eigenvalue weighted by Crippen LogP contribution is -2.22. The first kappa shape index (κ1) is 16.0. The Balaban J connectivity index is 2.15. The first-order chi connectivity index (χ1) is 11.1. The number of halogens is 1. The Morgan fingerprint density at radius 1 is 1.30 bits per heavy atom.